The molecular formula is C20H25FN2O. The first-order valence-electron chi connectivity index (χ1n) is 9.08. The lowest BCUT2D eigenvalue weighted by Crippen LogP contribution is -2.19. The lowest BCUT2D eigenvalue weighted by Gasteiger charge is -2.22. The van der Waals surface area contributed by atoms with Crippen LogP contribution in [-0.4, -0.2) is 36.2 Å². The highest BCUT2D eigenvalue weighted by atomic mass is 19.1. The normalized spacial score (nSPS) is 23.2. The van der Waals surface area contributed by atoms with E-state index < -0.39 is 0 Å². The highest BCUT2D eigenvalue weighted by Gasteiger charge is 2.20. The zero-order valence-electron chi connectivity index (χ0n) is 14.3. The molecule has 4 rings (SSSR count). The molecule has 0 radical (unpaired) electrons. The number of halogens is 1. The molecule has 2 fully saturated rings. The largest absolute Gasteiger partial charge is 0.381 e. The molecule has 2 aliphatic heterocycles. The molecule has 1 aromatic heterocycles. The molecule has 2 aromatic rings. The first-order valence-corrected chi connectivity index (χ1v) is 9.08. The number of benzene rings is 1. The van der Waals surface area contributed by atoms with Crippen LogP contribution >= 0.6 is 0 Å². The lowest BCUT2D eigenvalue weighted by atomic mass is 9.95. The second-order valence-electron chi connectivity index (χ2n) is 7.40. The number of pyridine rings is 1. The van der Waals surface area contributed by atoms with Gasteiger partial charge in [-0.05, 0) is 55.5 Å². The van der Waals surface area contributed by atoms with Gasteiger partial charge in [0.05, 0.1) is 0 Å². The number of ether oxygens (including phenoxy) is 1. The van der Waals surface area contributed by atoms with Gasteiger partial charge >= 0.3 is 0 Å². The third-order valence-electron chi connectivity index (χ3n) is 5.38. The summed E-state index contributed by atoms with van der Waals surface area (Å²) < 4.78 is 20.1. The van der Waals surface area contributed by atoms with E-state index in [2.05, 4.69) is 28.9 Å². The standard InChI is InChI=1S/C20H25FN2O/c1-14-4-7-23(12-14)13-15-10-17-2-3-19(16-5-8-24-9-6-16)22-20(17)18(21)11-15/h2-3,10-11,14,16H,4-9,12-13H2,1H3. The number of nitrogens with zero attached hydrogens (tertiary/aromatic N) is 2. The van der Waals surface area contributed by atoms with E-state index in [1.54, 1.807) is 6.07 Å². The molecule has 1 aromatic carbocycles. The molecule has 0 spiro atoms. The van der Waals surface area contributed by atoms with E-state index >= 15 is 0 Å². The molecule has 128 valence electrons. The fraction of sp³-hybridized carbons (Fsp3) is 0.550. The van der Waals surface area contributed by atoms with Gasteiger partial charge in [-0.3, -0.25) is 4.90 Å². The third kappa shape index (κ3) is 3.31. The molecule has 0 N–H and O–H groups in total. The van der Waals surface area contributed by atoms with Gasteiger partial charge in [-0.25, -0.2) is 9.37 Å². The molecule has 0 amide bonds. The quantitative estimate of drug-likeness (QED) is 0.848. The maximum atomic E-state index is 14.6. The second kappa shape index (κ2) is 6.77. The molecule has 0 aliphatic carbocycles. The van der Waals surface area contributed by atoms with Gasteiger partial charge in [-0.2, -0.15) is 0 Å². The van der Waals surface area contributed by atoms with Crippen LogP contribution in [0.25, 0.3) is 10.9 Å². The van der Waals surface area contributed by atoms with Crippen LogP contribution in [0.5, 0.6) is 0 Å². The van der Waals surface area contributed by atoms with Crippen LogP contribution in [0.3, 0.4) is 0 Å². The van der Waals surface area contributed by atoms with E-state index in [9.17, 15) is 4.39 Å². The molecule has 3 heterocycles. The molecule has 0 saturated carbocycles. The summed E-state index contributed by atoms with van der Waals surface area (Å²) in [6.45, 7) is 6.89. The summed E-state index contributed by atoms with van der Waals surface area (Å²) in [6.07, 6.45) is 3.20. The Bertz CT molecular complexity index is 727. The predicted molar refractivity (Wildman–Crippen MR) is 93.6 cm³/mol. The monoisotopic (exact) mass is 328 g/mol. The van der Waals surface area contributed by atoms with E-state index in [1.165, 1.54) is 6.42 Å². The lowest BCUT2D eigenvalue weighted by molar-refractivity contribution is 0.0845. The summed E-state index contributed by atoms with van der Waals surface area (Å²) in [5.74, 6) is 0.955. The van der Waals surface area contributed by atoms with Crippen molar-refractivity contribution in [3.63, 3.8) is 0 Å². The minimum atomic E-state index is -0.191. The van der Waals surface area contributed by atoms with E-state index in [-0.39, 0.29) is 5.82 Å². The van der Waals surface area contributed by atoms with Gasteiger partial charge < -0.3 is 4.74 Å². The summed E-state index contributed by atoms with van der Waals surface area (Å²) in [4.78, 5) is 7.05. The molecule has 4 heteroatoms. The zero-order chi connectivity index (χ0) is 16.5. The third-order valence-corrected chi connectivity index (χ3v) is 5.38. The van der Waals surface area contributed by atoms with Crippen molar-refractivity contribution in [2.75, 3.05) is 26.3 Å². The van der Waals surface area contributed by atoms with Gasteiger partial charge in [0.1, 0.15) is 11.3 Å². The number of rotatable bonds is 3. The Morgan fingerprint density at radius 1 is 1.21 bits per heavy atom. The minimum Gasteiger partial charge on any atom is -0.381 e. The average Bonchev–Trinajstić information content (AvgIpc) is 3.00. The molecule has 24 heavy (non-hydrogen) atoms. The molecule has 1 unspecified atom stereocenters. The van der Waals surface area contributed by atoms with Gasteiger partial charge in [0.15, 0.2) is 0 Å². The summed E-state index contributed by atoms with van der Waals surface area (Å²) in [6, 6.07) is 7.88. The SMILES string of the molecule is CC1CCN(Cc2cc(F)c3nc(C4CCOCC4)ccc3c2)C1. The highest BCUT2D eigenvalue weighted by molar-refractivity contribution is 5.80. The van der Waals surface area contributed by atoms with Crippen molar-refractivity contribution in [2.45, 2.75) is 38.6 Å². The van der Waals surface area contributed by atoms with Gasteiger partial charge in [-0.15, -0.1) is 0 Å². The van der Waals surface area contributed by atoms with Crippen LogP contribution in [0.15, 0.2) is 24.3 Å². The predicted octanol–water partition coefficient (Wildman–Crippen LogP) is 4.11. The van der Waals surface area contributed by atoms with Crippen molar-refractivity contribution >= 4 is 10.9 Å². The maximum absolute atomic E-state index is 14.6. The van der Waals surface area contributed by atoms with E-state index in [0.29, 0.717) is 11.4 Å². The average molecular weight is 328 g/mol. The van der Waals surface area contributed by atoms with Crippen LogP contribution in [-0.2, 0) is 11.3 Å². The van der Waals surface area contributed by atoms with Gasteiger partial charge in [0.25, 0.3) is 0 Å². The summed E-state index contributed by atoms with van der Waals surface area (Å²) in [5, 5.41) is 0.910. The Morgan fingerprint density at radius 2 is 2.04 bits per heavy atom. The number of likely N-dealkylation sites (tertiary alicyclic amines) is 1. The fourth-order valence-electron chi connectivity index (χ4n) is 4.01. The fourth-order valence-corrected chi connectivity index (χ4v) is 4.01. The van der Waals surface area contributed by atoms with Crippen LogP contribution in [0.1, 0.15) is 43.4 Å². The highest BCUT2D eigenvalue weighted by Crippen LogP contribution is 2.28. The first kappa shape index (κ1) is 16.0. The smallest absolute Gasteiger partial charge is 0.149 e. The van der Waals surface area contributed by atoms with Crippen LogP contribution in [0.4, 0.5) is 4.39 Å². The van der Waals surface area contributed by atoms with Crippen molar-refractivity contribution in [3.05, 3.63) is 41.3 Å². The van der Waals surface area contributed by atoms with Crippen molar-refractivity contribution in [3.8, 4) is 0 Å². The Kier molecular flexibility index (Phi) is 4.51. The number of aromatic nitrogens is 1. The van der Waals surface area contributed by atoms with Crippen molar-refractivity contribution < 1.29 is 9.13 Å². The van der Waals surface area contributed by atoms with Crippen molar-refractivity contribution in [1.82, 2.24) is 9.88 Å². The first-order chi connectivity index (χ1) is 11.7. The molecule has 0 bridgehead atoms. The molecule has 3 nitrogen and oxygen atoms in total. The number of hydrogen-bond acceptors (Lipinski definition) is 3. The van der Waals surface area contributed by atoms with E-state index in [0.717, 1.165) is 68.3 Å². The summed E-state index contributed by atoms with van der Waals surface area (Å²) in [7, 11) is 0. The molecular weight excluding hydrogens is 303 g/mol. The Labute approximate surface area is 142 Å². The number of hydrogen-bond donors (Lipinski definition) is 0. The summed E-state index contributed by atoms with van der Waals surface area (Å²) in [5.41, 5.74) is 2.57. The van der Waals surface area contributed by atoms with Gasteiger partial charge in [0.2, 0.25) is 0 Å². The Morgan fingerprint density at radius 3 is 2.79 bits per heavy atom. The van der Waals surface area contributed by atoms with Gasteiger partial charge in [0, 0.05) is 43.3 Å². The minimum absolute atomic E-state index is 0.191. The Hall–Kier alpha value is -1.52. The zero-order valence-corrected chi connectivity index (χ0v) is 14.3. The number of fused-ring (bicyclic) bond motifs is 1. The van der Waals surface area contributed by atoms with Crippen molar-refractivity contribution in [2.24, 2.45) is 5.92 Å². The van der Waals surface area contributed by atoms with Crippen LogP contribution < -0.4 is 0 Å². The Balaban J connectivity index is 1.59. The molecule has 2 saturated heterocycles. The second-order valence-corrected chi connectivity index (χ2v) is 7.40. The maximum Gasteiger partial charge on any atom is 0.149 e. The van der Waals surface area contributed by atoms with Crippen LogP contribution in [0.2, 0.25) is 0 Å². The molecule has 1 atom stereocenters. The van der Waals surface area contributed by atoms with Crippen LogP contribution in [0, 0.1) is 11.7 Å². The van der Waals surface area contributed by atoms with Crippen molar-refractivity contribution in [1.29, 1.82) is 0 Å². The van der Waals surface area contributed by atoms with E-state index in [1.807, 2.05) is 6.07 Å². The topological polar surface area (TPSA) is 25.4 Å². The summed E-state index contributed by atoms with van der Waals surface area (Å²) >= 11 is 0. The van der Waals surface area contributed by atoms with Gasteiger partial charge in [-0.1, -0.05) is 13.0 Å². The van der Waals surface area contributed by atoms with E-state index in [4.69, 9.17) is 4.74 Å². The molecule has 2 aliphatic rings.